The first-order chi connectivity index (χ1) is 9.52. The highest BCUT2D eigenvalue weighted by Crippen LogP contribution is 2.42. The average Bonchev–Trinajstić information content (AvgIpc) is 2.80. The Bertz CT molecular complexity index is 625. The summed E-state index contributed by atoms with van der Waals surface area (Å²) in [4.78, 5) is 8.55. The Morgan fingerprint density at radius 3 is 2.95 bits per heavy atom. The summed E-state index contributed by atoms with van der Waals surface area (Å²) in [6, 6.07) is 0.475. The summed E-state index contributed by atoms with van der Waals surface area (Å²) in [5, 5.41) is 3.61. The highest BCUT2D eigenvalue weighted by atomic mass is 79.9. The topological polar surface area (TPSA) is 51.5 Å². The monoisotopic (exact) mass is 338 g/mol. The number of hydrogen-bond acceptors (Lipinski definition) is 4. The van der Waals surface area contributed by atoms with Gasteiger partial charge in [-0.25, -0.2) is 9.97 Å². The van der Waals surface area contributed by atoms with Gasteiger partial charge in [-0.1, -0.05) is 13.8 Å². The molecule has 1 N–H and O–H groups in total. The molecule has 5 nitrogen and oxygen atoms in total. The molecule has 1 saturated carbocycles. The molecular formula is C14H19BrN4O. The summed E-state index contributed by atoms with van der Waals surface area (Å²) < 4.78 is 8.35. The van der Waals surface area contributed by atoms with E-state index in [-0.39, 0.29) is 5.41 Å². The molecule has 0 radical (unpaired) electrons. The van der Waals surface area contributed by atoms with E-state index in [9.17, 15) is 0 Å². The van der Waals surface area contributed by atoms with Crippen molar-refractivity contribution in [1.29, 1.82) is 0 Å². The summed E-state index contributed by atoms with van der Waals surface area (Å²) in [6.07, 6.45) is 7.02. The van der Waals surface area contributed by atoms with Crippen LogP contribution >= 0.6 is 15.9 Å². The Balaban J connectivity index is 1.71. The summed E-state index contributed by atoms with van der Waals surface area (Å²) >= 11 is 3.39. The lowest BCUT2D eigenvalue weighted by Crippen LogP contribution is -2.60. The molecule has 20 heavy (non-hydrogen) atoms. The smallest absolute Gasteiger partial charge is 0.155 e. The van der Waals surface area contributed by atoms with E-state index in [0.29, 0.717) is 12.1 Å². The first kappa shape index (κ1) is 14.0. The second kappa shape index (κ2) is 5.09. The maximum absolute atomic E-state index is 5.48. The second-order valence-electron chi connectivity index (χ2n) is 5.90. The molecule has 1 fully saturated rings. The number of ether oxygens (including phenoxy) is 1. The van der Waals surface area contributed by atoms with Crippen LogP contribution in [0.25, 0.3) is 5.65 Å². The number of fused-ring (bicyclic) bond motifs is 1. The van der Waals surface area contributed by atoms with Gasteiger partial charge in [0.2, 0.25) is 0 Å². The predicted molar refractivity (Wildman–Crippen MR) is 80.5 cm³/mol. The number of aromatic nitrogens is 3. The lowest BCUT2D eigenvalue weighted by molar-refractivity contribution is -0.0979. The van der Waals surface area contributed by atoms with Crippen molar-refractivity contribution in [1.82, 2.24) is 19.7 Å². The van der Waals surface area contributed by atoms with Gasteiger partial charge in [0, 0.05) is 31.3 Å². The number of methoxy groups -OCH3 is 1. The molecule has 0 aromatic carbocycles. The Labute approximate surface area is 126 Å². The Hall–Kier alpha value is -0.980. The van der Waals surface area contributed by atoms with Crippen molar-refractivity contribution in [3.8, 4) is 0 Å². The van der Waals surface area contributed by atoms with Crippen molar-refractivity contribution < 1.29 is 4.74 Å². The minimum atomic E-state index is 0.178. The fourth-order valence-corrected chi connectivity index (χ4v) is 3.21. The van der Waals surface area contributed by atoms with E-state index in [1.54, 1.807) is 13.3 Å². The largest absolute Gasteiger partial charge is 0.381 e. The molecule has 0 aliphatic heterocycles. The highest BCUT2D eigenvalue weighted by Gasteiger charge is 2.48. The predicted octanol–water partition coefficient (Wildman–Crippen LogP) is 2.39. The molecule has 0 amide bonds. The highest BCUT2D eigenvalue weighted by molar-refractivity contribution is 9.10. The molecule has 2 atom stereocenters. The molecule has 0 spiro atoms. The van der Waals surface area contributed by atoms with Gasteiger partial charge in [0.05, 0.1) is 24.2 Å². The molecule has 1 aliphatic carbocycles. The summed E-state index contributed by atoms with van der Waals surface area (Å²) in [7, 11) is 1.79. The van der Waals surface area contributed by atoms with E-state index < -0.39 is 0 Å². The quantitative estimate of drug-likeness (QED) is 0.929. The zero-order valence-corrected chi connectivity index (χ0v) is 13.5. The van der Waals surface area contributed by atoms with Crippen molar-refractivity contribution in [2.45, 2.75) is 39.0 Å². The first-order valence-corrected chi connectivity index (χ1v) is 7.55. The Kier molecular flexibility index (Phi) is 3.56. The third-order valence-electron chi connectivity index (χ3n) is 4.43. The van der Waals surface area contributed by atoms with Gasteiger partial charge in [0.15, 0.2) is 5.65 Å². The summed E-state index contributed by atoms with van der Waals surface area (Å²) in [6.45, 7) is 5.29. The van der Waals surface area contributed by atoms with Crippen molar-refractivity contribution in [2.24, 2.45) is 5.41 Å². The van der Waals surface area contributed by atoms with Crippen molar-refractivity contribution in [3.63, 3.8) is 0 Å². The van der Waals surface area contributed by atoms with Gasteiger partial charge in [0.25, 0.3) is 0 Å². The molecule has 2 unspecified atom stereocenters. The molecule has 2 heterocycles. The molecule has 2 aromatic heterocycles. The van der Waals surface area contributed by atoms with E-state index in [1.807, 2.05) is 12.4 Å². The summed E-state index contributed by atoms with van der Waals surface area (Å²) in [5.74, 6) is 0. The lowest BCUT2D eigenvalue weighted by Gasteiger charge is -2.51. The van der Waals surface area contributed by atoms with Crippen molar-refractivity contribution >= 4 is 21.6 Å². The molecule has 3 rings (SSSR count). The van der Waals surface area contributed by atoms with Gasteiger partial charge >= 0.3 is 0 Å². The number of imidazole rings is 1. The van der Waals surface area contributed by atoms with Gasteiger partial charge in [-0.2, -0.15) is 0 Å². The van der Waals surface area contributed by atoms with Crippen LogP contribution in [0, 0.1) is 5.41 Å². The Morgan fingerprint density at radius 2 is 2.25 bits per heavy atom. The maximum Gasteiger partial charge on any atom is 0.155 e. The standard InChI is InChI=1S/C14H19BrN4O/c1-14(2)10(4-11(14)20-3)16-5-9-6-18-13-7-17-12(15)8-19(9)13/h6-8,10-11,16H,4-5H2,1-3H3. The average molecular weight is 339 g/mol. The fourth-order valence-electron chi connectivity index (χ4n) is 2.91. The molecule has 1 aliphatic rings. The van der Waals surface area contributed by atoms with Crippen LogP contribution in [0.4, 0.5) is 0 Å². The first-order valence-electron chi connectivity index (χ1n) is 6.76. The normalized spacial score (nSPS) is 24.8. The molecule has 2 aromatic rings. The Morgan fingerprint density at radius 1 is 1.45 bits per heavy atom. The maximum atomic E-state index is 5.48. The van der Waals surface area contributed by atoms with Crippen molar-refractivity contribution in [3.05, 3.63) is 28.9 Å². The van der Waals surface area contributed by atoms with Gasteiger partial charge in [0.1, 0.15) is 4.60 Å². The number of hydrogen-bond donors (Lipinski definition) is 1. The van der Waals surface area contributed by atoms with E-state index in [1.165, 1.54) is 0 Å². The third kappa shape index (κ3) is 2.25. The van der Waals surface area contributed by atoms with Crippen LogP contribution in [0.1, 0.15) is 26.0 Å². The third-order valence-corrected chi connectivity index (χ3v) is 4.84. The number of nitrogens with one attached hydrogen (secondary N) is 1. The van der Waals surface area contributed by atoms with Crippen molar-refractivity contribution in [2.75, 3.05) is 7.11 Å². The molecule has 6 heteroatoms. The second-order valence-corrected chi connectivity index (χ2v) is 6.72. The van der Waals surface area contributed by atoms with Crippen LogP contribution < -0.4 is 5.32 Å². The van der Waals surface area contributed by atoms with Gasteiger partial charge < -0.3 is 10.1 Å². The lowest BCUT2D eigenvalue weighted by atomic mass is 9.64. The van der Waals surface area contributed by atoms with E-state index in [4.69, 9.17) is 4.74 Å². The molecular weight excluding hydrogens is 320 g/mol. The van der Waals surface area contributed by atoms with Crippen LogP contribution in [0.5, 0.6) is 0 Å². The number of halogens is 1. The molecule has 108 valence electrons. The molecule has 0 bridgehead atoms. The van der Waals surface area contributed by atoms with Crippen LogP contribution in [0.2, 0.25) is 0 Å². The molecule has 0 saturated heterocycles. The fraction of sp³-hybridized carbons (Fsp3) is 0.571. The summed E-state index contributed by atoms with van der Waals surface area (Å²) in [5.41, 5.74) is 2.18. The minimum Gasteiger partial charge on any atom is -0.381 e. The van der Waals surface area contributed by atoms with Gasteiger partial charge in [-0.3, -0.25) is 4.40 Å². The van der Waals surface area contributed by atoms with Gasteiger partial charge in [-0.05, 0) is 22.4 Å². The minimum absolute atomic E-state index is 0.178. The van der Waals surface area contributed by atoms with Crippen LogP contribution in [-0.4, -0.2) is 33.6 Å². The number of rotatable bonds is 4. The number of nitrogens with zero attached hydrogens (tertiary/aromatic N) is 3. The zero-order chi connectivity index (χ0) is 14.3. The SMILES string of the molecule is COC1CC(NCc2cnc3cnc(Br)cn23)C1(C)C. The van der Waals surface area contributed by atoms with Crippen LogP contribution in [-0.2, 0) is 11.3 Å². The van der Waals surface area contributed by atoms with Gasteiger partial charge in [-0.15, -0.1) is 0 Å². The van der Waals surface area contributed by atoms with Crippen LogP contribution in [0.3, 0.4) is 0 Å². The van der Waals surface area contributed by atoms with E-state index >= 15 is 0 Å². The van der Waals surface area contributed by atoms with Crippen LogP contribution in [0.15, 0.2) is 23.2 Å². The van der Waals surface area contributed by atoms with E-state index in [2.05, 4.69) is 49.5 Å². The zero-order valence-electron chi connectivity index (χ0n) is 11.9. The van der Waals surface area contributed by atoms with E-state index in [0.717, 1.165) is 28.9 Å².